The first kappa shape index (κ1) is 14.0. The first-order valence-corrected chi connectivity index (χ1v) is 7.60. The average Bonchev–Trinajstić information content (AvgIpc) is 3.08. The van der Waals surface area contributed by atoms with Gasteiger partial charge in [0.05, 0.1) is 10.7 Å². The first-order chi connectivity index (χ1) is 10.1. The highest BCUT2D eigenvalue weighted by molar-refractivity contribution is 7.09. The number of nitrogen functional groups attached to an aromatic ring is 1. The third-order valence-corrected chi connectivity index (χ3v) is 4.24. The minimum absolute atomic E-state index is 0.0934. The summed E-state index contributed by atoms with van der Waals surface area (Å²) in [6.07, 6.45) is 0. The lowest BCUT2D eigenvalue weighted by Gasteiger charge is -2.33. The Kier molecular flexibility index (Phi) is 3.84. The second-order valence-electron chi connectivity index (χ2n) is 4.97. The largest absolute Gasteiger partial charge is 0.366 e. The third kappa shape index (κ3) is 3.19. The summed E-state index contributed by atoms with van der Waals surface area (Å²) in [6, 6.07) is 0. The number of nitrogens with zero attached hydrogens (tertiary/aromatic N) is 5. The molecule has 0 aromatic carbocycles. The predicted octanol–water partition coefficient (Wildman–Crippen LogP) is 0.110. The number of hydrogen-bond acceptors (Lipinski definition) is 7. The van der Waals surface area contributed by atoms with Crippen LogP contribution in [-0.4, -0.2) is 62.1 Å². The summed E-state index contributed by atoms with van der Waals surface area (Å²) in [7, 11) is 0. The van der Waals surface area contributed by atoms with Gasteiger partial charge >= 0.3 is 0 Å². The van der Waals surface area contributed by atoms with Gasteiger partial charge in [0.1, 0.15) is 0 Å². The molecule has 0 spiro atoms. The first-order valence-electron chi connectivity index (χ1n) is 6.72. The van der Waals surface area contributed by atoms with E-state index in [2.05, 4.69) is 30.4 Å². The Balaban J connectivity index is 1.54. The molecule has 3 heterocycles. The van der Waals surface area contributed by atoms with E-state index in [1.165, 1.54) is 0 Å². The molecule has 3 N–H and O–H groups in total. The third-order valence-electron chi connectivity index (χ3n) is 3.42. The molecule has 21 heavy (non-hydrogen) atoms. The van der Waals surface area contributed by atoms with Crippen LogP contribution in [0.1, 0.15) is 21.3 Å². The van der Waals surface area contributed by atoms with Crippen molar-refractivity contribution >= 4 is 23.2 Å². The Hall–Kier alpha value is -2.00. The molecule has 1 amide bonds. The maximum absolute atomic E-state index is 12.2. The zero-order chi connectivity index (χ0) is 14.8. The number of piperazine rings is 1. The molecule has 0 atom stereocenters. The standard InChI is InChI=1S/C12H17N7OS/c1-8-14-9(7-21-8)6-18-2-4-19(5-3-18)11(20)10-15-12(13)17-16-10/h7H,2-6H2,1H3,(H3,13,15,16,17). The number of aryl methyl sites for hydroxylation is 1. The van der Waals surface area contributed by atoms with E-state index in [4.69, 9.17) is 5.73 Å². The van der Waals surface area contributed by atoms with Crippen molar-refractivity contribution in [3.63, 3.8) is 0 Å². The van der Waals surface area contributed by atoms with Crippen LogP contribution in [0.3, 0.4) is 0 Å². The molecule has 2 aromatic rings. The topological polar surface area (TPSA) is 104 Å². The Bertz CT molecular complexity index is 629. The average molecular weight is 307 g/mol. The van der Waals surface area contributed by atoms with Crippen LogP contribution in [0.25, 0.3) is 0 Å². The zero-order valence-corrected chi connectivity index (χ0v) is 12.6. The number of hydrogen-bond donors (Lipinski definition) is 2. The van der Waals surface area contributed by atoms with E-state index in [0.29, 0.717) is 13.1 Å². The number of anilines is 1. The Morgan fingerprint density at radius 1 is 1.38 bits per heavy atom. The number of nitrogens with one attached hydrogen (secondary N) is 1. The lowest BCUT2D eigenvalue weighted by atomic mass is 10.3. The normalized spacial score (nSPS) is 16.3. The van der Waals surface area contributed by atoms with Crippen molar-refractivity contribution < 1.29 is 4.79 Å². The van der Waals surface area contributed by atoms with E-state index in [1.54, 1.807) is 16.2 Å². The van der Waals surface area contributed by atoms with Gasteiger partial charge in [0, 0.05) is 38.1 Å². The van der Waals surface area contributed by atoms with E-state index in [9.17, 15) is 4.79 Å². The molecule has 1 saturated heterocycles. The summed E-state index contributed by atoms with van der Waals surface area (Å²) in [6.45, 7) is 5.83. The lowest BCUT2D eigenvalue weighted by Crippen LogP contribution is -2.48. The molecule has 0 unspecified atom stereocenters. The smallest absolute Gasteiger partial charge is 0.291 e. The number of carbonyl (C=O) groups excluding carboxylic acids is 1. The van der Waals surface area contributed by atoms with E-state index in [-0.39, 0.29) is 17.7 Å². The molecule has 2 aromatic heterocycles. The Morgan fingerprint density at radius 2 is 2.14 bits per heavy atom. The van der Waals surface area contributed by atoms with Crippen LogP contribution in [-0.2, 0) is 6.54 Å². The van der Waals surface area contributed by atoms with Gasteiger partial charge in [-0.2, -0.15) is 4.98 Å². The monoisotopic (exact) mass is 307 g/mol. The van der Waals surface area contributed by atoms with Crippen molar-refractivity contribution in [2.45, 2.75) is 13.5 Å². The van der Waals surface area contributed by atoms with E-state index < -0.39 is 0 Å². The van der Waals surface area contributed by atoms with Gasteiger partial charge in [-0.05, 0) is 6.92 Å². The van der Waals surface area contributed by atoms with Gasteiger partial charge in [-0.25, -0.2) is 4.98 Å². The number of nitrogens with two attached hydrogens (primary N) is 1. The second-order valence-corrected chi connectivity index (χ2v) is 6.03. The lowest BCUT2D eigenvalue weighted by molar-refractivity contribution is 0.0616. The number of amides is 1. The van der Waals surface area contributed by atoms with Crippen molar-refractivity contribution in [1.29, 1.82) is 0 Å². The summed E-state index contributed by atoms with van der Waals surface area (Å²) < 4.78 is 0. The quantitative estimate of drug-likeness (QED) is 0.834. The summed E-state index contributed by atoms with van der Waals surface area (Å²) in [4.78, 5) is 24.6. The van der Waals surface area contributed by atoms with Gasteiger partial charge < -0.3 is 10.6 Å². The minimum atomic E-state index is -0.150. The highest BCUT2D eigenvalue weighted by Crippen LogP contribution is 2.13. The van der Waals surface area contributed by atoms with Crippen LogP contribution in [0.2, 0.25) is 0 Å². The van der Waals surface area contributed by atoms with E-state index >= 15 is 0 Å². The molecule has 0 radical (unpaired) electrons. The van der Waals surface area contributed by atoms with E-state index in [1.807, 2.05) is 6.92 Å². The van der Waals surface area contributed by atoms with Gasteiger partial charge in [-0.3, -0.25) is 14.8 Å². The van der Waals surface area contributed by atoms with Crippen molar-refractivity contribution in [2.24, 2.45) is 0 Å². The molecular formula is C12H17N7OS. The van der Waals surface area contributed by atoms with Crippen LogP contribution >= 0.6 is 11.3 Å². The Labute approximate surface area is 126 Å². The maximum atomic E-state index is 12.2. The molecule has 9 heteroatoms. The maximum Gasteiger partial charge on any atom is 0.291 e. The molecule has 112 valence electrons. The van der Waals surface area contributed by atoms with Gasteiger partial charge in [0.15, 0.2) is 0 Å². The minimum Gasteiger partial charge on any atom is -0.366 e. The highest BCUT2D eigenvalue weighted by atomic mass is 32.1. The predicted molar refractivity (Wildman–Crippen MR) is 78.8 cm³/mol. The number of aromatic amines is 1. The molecule has 3 rings (SSSR count). The molecule has 8 nitrogen and oxygen atoms in total. The molecule has 1 aliphatic heterocycles. The van der Waals surface area contributed by atoms with Crippen LogP contribution in [0, 0.1) is 6.92 Å². The highest BCUT2D eigenvalue weighted by Gasteiger charge is 2.24. The Morgan fingerprint density at radius 3 is 2.71 bits per heavy atom. The molecule has 0 bridgehead atoms. The fourth-order valence-electron chi connectivity index (χ4n) is 2.34. The fraction of sp³-hybridized carbons (Fsp3) is 0.500. The fourth-order valence-corrected chi connectivity index (χ4v) is 2.94. The molecule has 0 saturated carbocycles. The SMILES string of the molecule is Cc1nc(CN2CCN(C(=O)c3nc(N)n[nH]3)CC2)cs1. The van der Waals surface area contributed by atoms with Crippen LogP contribution in [0.15, 0.2) is 5.38 Å². The number of aromatic nitrogens is 4. The second kappa shape index (κ2) is 5.78. The van der Waals surface area contributed by atoms with Gasteiger partial charge in [0.2, 0.25) is 11.8 Å². The van der Waals surface area contributed by atoms with Crippen molar-refractivity contribution in [1.82, 2.24) is 30.0 Å². The van der Waals surface area contributed by atoms with E-state index in [0.717, 1.165) is 30.3 Å². The van der Waals surface area contributed by atoms with Gasteiger partial charge in [-0.15, -0.1) is 16.4 Å². The molecule has 1 fully saturated rings. The van der Waals surface area contributed by atoms with Crippen LogP contribution in [0.4, 0.5) is 5.95 Å². The number of carbonyl (C=O) groups is 1. The number of rotatable bonds is 3. The molecule has 1 aliphatic rings. The van der Waals surface area contributed by atoms with Gasteiger partial charge in [-0.1, -0.05) is 0 Å². The number of thiazole rings is 1. The summed E-state index contributed by atoms with van der Waals surface area (Å²) in [5.41, 5.74) is 6.51. The molecular weight excluding hydrogens is 290 g/mol. The summed E-state index contributed by atoms with van der Waals surface area (Å²) in [5.74, 6) is 0.148. The number of H-pyrrole nitrogens is 1. The zero-order valence-electron chi connectivity index (χ0n) is 11.7. The van der Waals surface area contributed by atoms with Crippen LogP contribution in [0.5, 0.6) is 0 Å². The van der Waals surface area contributed by atoms with Crippen molar-refractivity contribution in [3.05, 3.63) is 21.9 Å². The van der Waals surface area contributed by atoms with Gasteiger partial charge in [0.25, 0.3) is 5.91 Å². The van der Waals surface area contributed by atoms with Crippen LogP contribution < -0.4 is 5.73 Å². The summed E-state index contributed by atoms with van der Waals surface area (Å²) >= 11 is 1.66. The van der Waals surface area contributed by atoms with Crippen molar-refractivity contribution in [2.75, 3.05) is 31.9 Å². The molecule has 0 aliphatic carbocycles. The summed E-state index contributed by atoms with van der Waals surface area (Å²) in [5, 5.41) is 9.41. The van der Waals surface area contributed by atoms with Crippen molar-refractivity contribution in [3.8, 4) is 0 Å².